The summed E-state index contributed by atoms with van der Waals surface area (Å²) < 4.78 is 5.48. The molecule has 0 bridgehead atoms. The molecule has 4 rings (SSSR count). The van der Waals surface area contributed by atoms with E-state index in [0.717, 1.165) is 25.7 Å². The maximum absolute atomic E-state index is 12.5. The largest absolute Gasteiger partial charge is 0.479 e. The Hall–Kier alpha value is -2.90. The Labute approximate surface area is 162 Å². The maximum Gasteiger partial charge on any atom is 0.265 e. The third-order valence-electron chi connectivity index (χ3n) is 5.69. The molecule has 1 saturated carbocycles. The molecule has 3 atom stereocenters. The molecule has 1 aliphatic carbocycles. The predicted molar refractivity (Wildman–Crippen MR) is 101 cm³/mol. The van der Waals surface area contributed by atoms with E-state index < -0.39 is 6.10 Å². The number of ether oxygens (including phenoxy) is 1. The summed E-state index contributed by atoms with van der Waals surface area (Å²) in [5.74, 6) is -0.668. The molecule has 1 saturated heterocycles. The third kappa shape index (κ3) is 3.34. The zero-order chi connectivity index (χ0) is 19.8. The lowest BCUT2D eigenvalue weighted by Gasteiger charge is -2.23. The van der Waals surface area contributed by atoms with Crippen LogP contribution in [0.3, 0.4) is 0 Å². The first-order chi connectivity index (χ1) is 13.4. The second kappa shape index (κ2) is 7.26. The average Bonchev–Trinajstić information content (AvgIpc) is 2.92. The highest BCUT2D eigenvalue weighted by atomic mass is 16.5. The van der Waals surface area contributed by atoms with Gasteiger partial charge < -0.3 is 15.4 Å². The number of carbonyl (C=O) groups is 4. The SMILES string of the molecule is C[C@H]1Oc2ccc(NC(=O)CCN3C(=O)[C@H]4CCCC[C@@H]4C3=O)cc2NC1=O. The molecular weight excluding hydrogens is 362 g/mol. The number of carbonyl (C=O) groups excluding carboxylic acids is 4. The van der Waals surface area contributed by atoms with Crippen LogP contribution in [0.4, 0.5) is 11.4 Å². The first-order valence-electron chi connectivity index (χ1n) is 9.70. The molecule has 0 spiro atoms. The molecule has 8 nitrogen and oxygen atoms in total. The van der Waals surface area contributed by atoms with Crippen LogP contribution >= 0.6 is 0 Å². The topological polar surface area (TPSA) is 105 Å². The second-order valence-electron chi connectivity index (χ2n) is 7.58. The molecule has 4 amide bonds. The summed E-state index contributed by atoms with van der Waals surface area (Å²) in [5.41, 5.74) is 1.00. The smallest absolute Gasteiger partial charge is 0.265 e. The summed E-state index contributed by atoms with van der Waals surface area (Å²) in [6.45, 7) is 1.75. The number of rotatable bonds is 4. The summed E-state index contributed by atoms with van der Waals surface area (Å²) in [7, 11) is 0. The van der Waals surface area contributed by atoms with Crippen LogP contribution in [0.1, 0.15) is 39.0 Å². The highest BCUT2D eigenvalue weighted by Gasteiger charge is 2.47. The van der Waals surface area contributed by atoms with E-state index in [4.69, 9.17) is 4.74 Å². The number of nitrogens with one attached hydrogen (secondary N) is 2. The fraction of sp³-hybridized carbons (Fsp3) is 0.500. The molecule has 2 fully saturated rings. The normalized spacial score (nSPS) is 26.2. The number of amides is 4. The lowest BCUT2D eigenvalue weighted by molar-refractivity contribution is -0.140. The quantitative estimate of drug-likeness (QED) is 0.771. The standard InChI is InChI=1S/C20H23N3O5/c1-11-18(25)22-15-10-12(6-7-16(15)28-11)21-17(24)8-9-23-19(26)13-4-2-3-5-14(13)20(23)27/h6-7,10-11,13-14H,2-5,8-9H2,1H3,(H,21,24)(H,22,25)/t11-,13+,14+/m1/s1. The number of likely N-dealkylation sites (tertiary alicyclic amines) is 1. The Morgan fingerprint density at radius 3 is 2.54 bits per heavy atom. The van der Waals surface area contributed by atoms with Crippen molar-refractivity contribution in [3.05, 3.63) is 18.2 Å². The van der Waals surface area contributed by atoms with Crippen LogP contribution in [-0.2, 0) is 19.2 Å². The van der Waals surface area contributed by atoms with Crippen molar-refractivity contribution in [3.63, 3.8) is 0 Å². The van der Waals surface area contributed by atoms with Crippen molar-refractivity contribution in [2.45, 2.75) is 45.1 Å². The minimum absolute atomic E-state index is 0.0356. The molecule has 1 aromatic rings. The van der Waals surface area contributed by atoms with E-state index in [1.54, 1.807) is 25.1 Å². The number of anilines is 2. The molecule has 8 heteroatoms. The Kier molecular flexibility index (Phi) is 4.78. The van der Waals surface area contributed by atoms with E-state index in [9.17, 15) is 19.2 Å². The van der Waals surface area contributed by atoms with Crippen molar-refractivity contribution in [1.29, 1.82) is 0 Å². The van der Waals surface area contributed by atoms with Gasteiger partial charge in [0.2, 0.25) is 17.7 Å². The highest BCUT2D eigenvalue weighted by Crippen LogP contribution is 2.38. The van der Waals surface area contributed by atoms with Crippen LogP contribution in [0.2, 0.25) is 0 Å². The van der Waals surface area contributed by atoms with E-state index in [0.29, 0.717) is 17.1 Å². The van der Waals surface area contributed by atoms with Gasteiger partial charge in [0.1, 0.15) is 5.75 Å². The van der Waals surface area contributed by atoms with E-state index >= 15 is 0 Å². The molecule has 0 unspecified atom stereocenters. The van der Waals surface area contributed by atoms with Crippen LogP contribution < -0.4 is 15.4 Å². The number of benzene rings is 1. The predicted octanol–water partition coefficient (Wildman–Crippen LogP) is 1.91. The van der Waals surface area contributed by atoms with Crippen molar-refractivity contribution in [2.75, 3.05) is 17.2 Å². The van der Waals surface area contributed by atoms with Gasteiger partial charge >= 0.3 is 0 Å². The van der Waals surface area contributed by atoms with Crippen molar-refractivity contribution < 1.29 is 23.9 Å². The summed E-state index contributed by atoms with van der Waals surface area (Å²) in [4.78, 5) is 50.2. The molecule has 2 aliphatic heterocycles. The molecule has 28 heavy (non-hydrogen) atoms. The lowest BCUT2D eigenvalue weighted by atomic mass is 9.81. The number of hydrogen-bond donors (Lipinski definition) is 2. The van der Waals surface area contributed by atoms with Gasteiger partial charge in [-0.3, -0.25) is 24.1 Å². The van der Waals surface area contributed by atoms with Gasteiger partial charge in [0, 0.05) is 18.7 Å². The molecular formula is C20H23N3O5. The van der Waals surface area contributed by atoms with E-state index in [-0.39, 0.29) is 48.4 Å². The van der Waals surface area contributed by atoms with Crippen molar-refractivity contribution >= 4 is 35.0 Å². The van der Waals surface area contributed by atoms with Gasteiger partial charge in [-0.1, -0.05) is 12.8 Å². The van der Waals surface area contributed by atoms with Crippen LogP contribution in [0, 0.1) is 11.8 Å². The van der Waals surface area contributed by atoms with Crippen LogP contribution in [-0.4, -0.2) is 41.2 Å². The molecule has 3 aliphatic rings. The number of hydrogen-bond acceptors (Lipinski definition) is 5. The van der Waals surface area contributed by atoms with Gasteiger partial charge in [0.05, 0.1) is 17.5 Å². The first kappa shape index (κ1) is 18.5. The van der Waals surface area contributed by atoms with Crippen molar-refractivity contribution in [1.82, 2.24) is 4.90 Å². The minimum atomic E-state index is -0.563. The van der Waals surface area contributed by atoms with Crippen LogP contribution in [0.5, 0.6) is 5.75 Å². The summed E-state index contributed by atoms with van der Waals surface area (Å²) in [6, 6.07) is 4.98. The van der Waals surface area contributed by atoms with E-state index in [1.165, 1.54) is 4.90 Å². The van der Waals surface area contributed by atoms with Gasteiger partial charge in [-0.25, -0.2) is 0 Å². The van der Waals surface area contributed by atoms with Gasteiger partial charge in [0.15, 0.2) is 6.10 Å². The van der Waals surface area contributed by atoms with Crippen LogP contribution in [0.15, 0.2) is 18.2 Å². The molecule has 2 heterocycles. The molecule has 2 N–H and O–H groups in total. The third-order valence-corrected chi connectivity index (χ3v) is 5.69. The summed E-state index contributed by atoms with van der Waals surface area (Å²) >= 11 is 0. The highest BCUT2D eigenvalue weighted by molar-refractivity contribution is 6.05. The van der Waals surface area contributed by atoms with Crippen molar-refractivity contribution in [3.8, 4) is 5.75 Å². The maximum atomic E-state index is 12.5. The summed E-state index contributed by atoms with van der Waals surface area (Å²) in [6.07, 6.45) is 2.96. The lowest BCUT2D eigenvalue weighted by Crippen LogP contribution is -2.34. The Balaban J connectivity index is 1.35. The first-order valence-corrected chi connectivity index (χ1v) is 9.70. The zero-order valence-electron chi connectivity index (χ0n) is 15.7. The van der Waals surface area contributed by atoms with Gasteiger partial charge in [-0.2, -0.15) is 0 Å². The van der Waals surface area contributed by atoms with Gasteiger partial charge in [-0.05, 0) is 38.0 Å². The number of nitrogens with zero attached hydrogens (tertiary/aromatic N) is 1. The van der Waals surface area contributed by atoms with Gasteiger partial charge in [-0.15, -0.1) is 0 Å². The minimum Gasteiger partial charge on any atom is -0.479 e. The van der Waals surface area contributed by atoms with Gasteiger partial charge in [0.25, 0.3) is 5.91 Å². The average molecular weight is 385 g/mol. The molecule has 148 valence electrons. The van der Waals surface area contributed by atoms with E-state index in [2.05, 4.69) is 10.6 Å². The fourth-order valence-electron chi connectivity index (χ4n) is 4.17. The molecule has 0 radical (unpaired) electrons. The Morgan fingerprint density at radius 1 is 1.18 bits per heavy atom. The fourth-order valence-corrected chi connectivity index (χ4v) is 4.17. The molecule has 1 aromatic carbocycles. The van der Waals surface area contributed by atoms with E-state index in [1.807, 2.05) is 0 Å². The Bertz CT molecular complexity index is 828. The van der Waals surface area contributed by atoms with Crippen LogP contribution in [0.25, 0.3) is 0 Å². The summed E-state index contributed by atoms with van der Waals surface area (Å²) in [5, 5.41) is 5.47. The second-order valence-corrected chi connectivity index (χ2v) is 7.58. The number of fused-ring (bicyclic) bond motifs is 2. The zero-order valence-corrected chi connectivity index (χ0v) is 15.7. The Morgan fingerprint density at radius 2 is 1.86 bits per heavy atom. The molecule has 0 aromatic heterocycles. The number of imide groups is 1. The van der Waals surface area contributed by atoms with Crippen molar-refractivity contribution in [2.24, 2.45) is 11.8 Å². The monoisotopic (exact) mass is 385 g/mol.